The van der Waals surface area contributed by atoms with Crippen molar-refractivity contribution in [2.24, 2.45) is 0 Å². The average molecular weight is 192 g/mol. The highest BCUT2D eigenvalue weighted by Gasteiger charge is 2.02. The molecule has 1 amide bonds. The van der Waals surface area contributed by atoms with Gasteiger partial charge in [-0.2, -0.15) is 0 Å². The van der Waals surface area contributed by atoms with Crippen molar-refractivity contribution in [2.45, 2.75) is 12.8 Å². The first-order chi connectivity index (χ1) is 6.84. The van der Waals surface area contributed by atoms with E-state index in [1.807, 2.05) is 0 Å². The predicted octanol–water partition coefficient (Wildman–Crippen LogP) is 0.791. The number of amides is 1. The Morgan fingerprint density at radius 1 is 1.57 bits per heavy atom. The summed E-state index contributed by atoms with van der Waals surface area (Å²) in [6, 6.07) is 3.41. The average Bonchev–Trinajstić information content (AvgIpc) is 2.25. The summed E-state index contributed by atoms with van der Waals surface area (Å²) in [6.45, 7) is 0.520. The van der Waals surface area contributed by atoms with Gasteiger partial charge < -0.3 is 10.1 Å². The van der Waals surface area contributed by atoms with Gasteiger partial charge in [-0.15, -0.1) is 0 Å². The van der Waals surface area contributed by atoms with E-state index >= 15 is 0 Å². The summed E-state index contributed by atoms with van der Waals surface area (Å²) in [5.41, 5.74) is 0.540. The predicted molar refractivity (Wildman–Crippen MR) is 51.9 cm³/mol. The number of nitrogens with zero attached hydrogens (tertiary/aromatic N) is 1. The van der Waals surface area contributed by atoms with E-state index < -0.39 is 0 Å². The molecular weight excluding hydrogens is 180 g/mol. The van der Waals surface area contributed by atoms with Gasteiger partial charge in [0.1, 0.15) is 6.29 Å². The largest absolute Gasteiger partial charge is 0.352 e. The van der Waals surface area contributed by atoms with E-state index in [1.165, 1.54) is 6.20 Å². The van der Waals surface area contributed by atoms with Gasteiger partial charge in [-0.1, -0.05) is 0 Å². The van der Waals surface area contributed by atoms with Crippen molar-refractivity contribution < 1.29 is 9.59 Å². The van der Waals surface area contributed by atoms with Gasteiger partial charge in [0.05, 0.1) is 5.56 Å². The molecule has 0 atom stereocenters. The van der Waals surface area contributed by atoms with Crippen LogP contribution in [0.4, 0.5) is 0 Å². The lowest BCUT2D eigenvalue weighted by atomic mass is 10.2. The van der Waals surface area contributed by atoms with Crippen LogP contribution in [0.1, 0.15) is 23.2 Å². The number of carbonyl (C=O) groups is 2. The van der Waals surface area contributed by atoms with Crippen molar-refractivity contribution in [1.29, 1.82) is 0 Å². The van der Waals surface area contributed by atoms with E-state index in [0.717, 1.165) is 6.29 Å². The van der Waals surface area contributed by atoms with Crippen LogP contribution < -0.4 is 5.32 Å². The van der Waals surface area contributed by atoms with E-state index in [0.29, 0.717) is 24.9 Å². The minimum atomic E-state index is -0.149. The van der Waals surface area contributed by atoms with E-state index in [1.54, 1.807) is 18.3 Å². The summed E-state index contributed by atoms with van der Waals surface area (Å²) in [5.74, 6) is -0.149. The Kier molecular flexibility index (Phi) is 4.34. The molecule has 0 unspecified atom stereocenters. The molecule has 0 aromatic carbocycles. The van der Waals surface area contributed by atoms with E-state index in [9.17, 15) is 9.59 Å². The van der Waals surface area contributed by atoms with Gasteiger partial charge in [-0.05, 0) is 18.6 Å². The number of aromatic nitrogens is 1. The van der Waals surface area contributed by atoms with Gasteiger partial charge in [0.2, 0.25) is 0 Å². The third kappa shape index (κ3) is 3.35. The van der Waals surface area contributed by atoms with Crippen LogP contribution in [0.15, 0.2) is 24.5 Å². The summed E-state index contributed by atoms with van der Waals surface area (Å²) in [6.07, 6.45) is 5.12. The van der Waals surface area contributed by atoms with E-state index in [-0.39, 0.29) is 5.91 Å². The molecule has 4 nitrogen and oxygen atoms in total. The maximum atomic E-state index is 11.4. The lowest BCUT2D eigenvalue weighted by Gasteiger charge is -2.02. The SMILES string of the molecule is O=CCCCNC(=O)c1cccnc1. The van der Waals surface area contributed by atoms with Gasteiger partial charge in [0, 0.05) is 25.4 Å². The molecule has 74 valence electrons. The van der Waals surface area contributed by atoms with Gasteiger partial charge in [-0.3, -0.25) is 9.78 Å². The van der Waals surface area contributed by atoms with Crippen LogP contribution in [0.3, 0.4) is 0 Å². The first-order valence-corrected chi connectivity index (χ1v) is 4.46. The monoisotopic (exact) mass is 192 g/mol. The highest BCUT2D eigenvalue weighted by molar-refractivity contribution is 5.93. The number of nitrogens with one attached hydrogen (secondary N) is 1. The molecule has 0 radical (unpaired) electrons. The Hall–Kier alpha value is -1.71. The zero-order valence-corrected chi connectivity index (χ0v) is 7.77. The first-order valence-electron chi connectivity index (χ1n) is 4.46. The zero-order valence-electron chi connectivity index (χ0n) is 7.77. The molecule has 1 heterocycles. The fourth-order valence-electron chi connectivity index (χ4n) is 0.986. The maximum Gasteiger partial charge on any atom is 0.252 e. The Balaban J connectivity index is 2.32. The molecule has 0 spiro atoms. The van der Waals surface area contributed by atoms with Gasteiger partial charge in [-0.25, -0.2) is 0 Å². The molecule has 0 saturated carbocycles. The zero-order chi connectivity index (χ0) is 10.2. The number of carbonyl (C=O) groups excluding carboxylic acids is 2. The van der Waals surface area contributed by atoms with Crippen molar-refractivity contribution >= 4 is 12.2 Å². The van der Waals surface area contributed by atoms with E-state index in [4.69, 9.17) is 0 Å². The molecule has 14 heavy (non-hydrogen) atoms. The second-order valence-electron chi connectivity index (χ2n) is 2.81. The summed E-state index contributed by atoms with van der Waals surface area (Å²) >= 11 is 0. The molecule has 0 aliphatic rings. The summed E-state index contributed by atoms with van der Waals surface area (Å²) in [5, 5.41) is 2.70. The second kappa shape index (κ2) is 5.85. The van der Waals surface area contributed by atoms with Gasteiger partial charge >= 0.3 is 0 Å². The van der Waals surface area contributed by atoms with Crippen molar-refractivity contribution in [3.63, 3.8) is 0 Å². The number of aldehydes is 1. The lowest BCUT2D eigenvalue weighted by molar-refractivity contribution is -0.107. The summed E-state index contributed by atoms with van der Waals surface area (Å²) < 4.78 is 0. The Bertz CT molecular complexity index is 298. The number of unbranched alkanes of at least 4 members (excludes halogenated alkanes) is 1. The van der Waals surface area contributed by atoms with Crippen LogP contribution in [0.5, 0.6) is 0 Å². The molecule has 0 saturated heterocycles. The van der Waals surface area contributed by atoms with Crippen molar-refractivity contribution in [3.8, 4) is 0 Å². The minimum Gasteiger partial charge on any atom is -0.352 e. The van der Waals surface area contributed by atoms with Crippen LogP contribution in [0.2, 0.25) is 0 Å². The number of hydrogen-bond acceptors (Lipinski definition) is 3. The third-order valence-electron chi connectivity index (χ3n) is 1.71. The van der Waals surface area contributed by atoms with Gasteiger partial charge in [0.15, 0.2) is 0 Å². The molecule has 1 aromatic rings. The molecule has 0 aliphatic heterocycles. The van der Waals surface area contributed by atoms with Crippen molar-refractivity contribution in [3.05, 3.63) is 30.1 Å². The Labute approximate surface area is 82.3 Å². The standard InChI is InChI=1S/C10H12N2O2/c13-7-2-1-6-12-10(14)9-4-3-5-11-8-9/h3-5,7-8H,1-2,6H2,(H,12,14). The highest BCUT2D eigenvalue weighted by Crippen LogP contribution is 1.94. The number of rotatable bonds is 5. The third-order valence-corrected chi connectivity index (χ3v) is 1.71. The minimum absolute atomic E-state index is 0.149. The van der Waals surface area contributed by atoms with E-state index in [2.05, 4.69) is 10.3 Å². The van der Waals surface area contributed by atoms with Crippen LogP contribution in [-0.2, 0) is 4.79 Å². The fourth-order valence-corrected chi connectivity index (χ4v) is 0.986. The molecule has 0 fully saturated rings. The smallest absolute Gasteiger partial charge is 0.252 e. The van der Waals surface area contributed by atoms with Crippen LogP contribution in [0, 0.1) is 0 Å². The van der Waals surface area contributed by atoms with Gasteiger partial charge in [0.25, 0.3) is 5.91 Å². The molecular formula is C10H12N2O2. The Morgan fingerprint density at radius 3 is 3.07 bits per heavy atom. The molecule has 0 bridgehead atoms. The quantitative estimate of drug-likeness (QED) is 0.554. The van der Waals surface area contributed by atoms with Crippen LogP contribution in [-0.4, -0.2) is 23.7 Å². The summed E-state index contributed by atoms with van der Waals surface area (Å²) in [7, 11) is 0. The summed E-state index contributed by atoms with van der Waals surface area (Å²) in [4.78, 5) is 25.2. The first kappa shape index (κ1) is 10.4. The topological polar surface area (TPSA) is 59.1 Å². The molecule has 1 N–H and O–H groups in total. The Morgan fingerprint density at radius 2 is 2.43 bits per heavy atom. The molecule has 1 rings (SSSR count). The van der Waals surface area contributed by atoms with Crippen molar-refractivity contribution in [1.82, 2.24) is 10.3 Å². The number of hydrogen-bond donors (Lipinski definition) is 1. The van der Waals surface area contributed by atoms with Crippen molar-refractivity contribution in [2.75, 3.05) is 6.54 Å². The molecule has 1 aromatic heterocycles. The maximum absolute atomic E-state index is 11.4. The van der Waals surface area contributed by atoms with Crippen LogP contribution >= 0.6 is 0 Å². The normalized spacial score (nSPS) is 9.43. The van der Waals surface area contributed by atoms with Crippen LogP contribution in [0.25, 0.3) is 0 Å². The molecule has 4 heteroatoms. The highest BCUT2D eigenvalue weighted by atomic mass is 16.1. The second-order valence-corrected chi connectivity index (χ2v) is 2.81. The number of pyridine rings is 1. The fraction of sp³-hybridized carbons (Fsp3) is 0.300. The molecule has 0 aliphatic carbocycles. The lowest BCUT2D eigenvalue weighted by Crippen LogP contribution is -2.24.